The highest BCUT2D eigenvalue weighted by molar-refractivity contribution is 6.31. The summed E-state index contributed by atoms with van der Waals surface area (Å²) >= 11 is 6.11. The first-order chi connectivity index (χ1) is 12.4. The molecule has 3 heterocycles. The summed E-state index contributed by atoms with van der Waals surface area (Å²) in [6.07, 6.45) is 0.429. The van der Waals surface area contributed by atoms with Crippen molar-refractivity contribution in [1.29, 1.82) is 0 Å². The maximum atomic E-state index is 13.3. The normalized spacial score (nSPS) is 25.3. The molecule has 6 nitrogen and oxygen atoms in total. The van der Waals surface area contributed by atoms with Gasteiger partial charge >= 0.3 is 5.97 Å². The first-order valence-electron chi connectivity index (χ1n) is 8.58. The number of carbonyl (C=O) groups is 2. The van der Waals surface area contributed by atoms with Gasteiger partial charge < -0.3 is 14.7 Å². The molecule has 1 N–H and O–H groups in total. The number of aryl methyl sites for hydroxylation is 1. The lowest BCUT2D eigenvalue weighted by molar-refractivity contribution is -0.157. The summed E-state index contributed by atoms with van der Waals surface area (Å²) in [4.78, 5) is 31.3. The topological polar surface area (TPSA) is 79.7 Å². The first kappa shape index (κ1) is 17.2. The van der Waals surface area contributed by atoms with Crippen molar-refractivity contribution in [2.45, 2.75) is 13.3 Å². The Kier molecular flexibility index (Phi) is 4.12. The monoisotopic (exact) mass is 374 g/mol. The van der Waals surface area contributed by atoms with Gasteiger partial charge in [0.1, 0.15) is 0 Å². The number of hydrogen-bond donors (Lipinski definition) is 1. The Hall–Kier alpha value is -2.18. The van der Waals surface area contributed by atoms with Crippen molar-refractivity contribution in [2.75, 3.05) is 26.3 Å². The standard InChI is InChI=1S/C19H19ClN2O4/c1-11-6-15(14-7-13(20)2-3-16(14)21-11)17(23)22-8-12-9-26-5-4-19(12,10-22)18(24)25/h2-3,6-7,12H,4-5,8-10H2,1H3,(H,24,25)/t12-,19+/m1/s1. The molecule has 136 valence electrons. The van der Waals surface area contributed by atoms with Gasteiger partial charge in [0.15, 0.2) is 0 Å². The number of aliphatic carboxylic acids is 1. The summed E-state index contributed by atoms with van der Waals surface area (Å²) in [5.41, 5.74) is 1.03. The molecule has 2 saturated heterocycles. The van der Waals surface area contributed by atoms with E-state index in [0.717, 1.165) is 5.69 Å². The second-order valence-corrected chi connectivity index (χ2v) is 7.58. The predicted octanol–water partition coefficient (Wildman–Crippen LogP) is 2.76. The number of pyridine rings is 1. The number of rotatable bonds is 2. The average molecular weight is 375 g/mol. The molecule has 2 aromatic rings. The van der Waals surface area contributed by atoms with Gasteiger partial charge in [0.05, 0.1) is 23.1 Å². The van der Waals surface area contributed by atoms with E-state index in [-0.39, 0.29) is 18.4 Å². The summed E-state index contributed by atoms with van der Waals surface area (Å²) in [6.45, 7) is 3.21. The van der Waals surface area contributed by atoms with E-state index in [0.29, 0.717) is 47.7 Å². The Bertz CT molecular complexity index is 916. The first-order valence-corrected chi connectivity index (χ1v) is 8.96. The van der Waals surface area contributed by atoms with Crippen molar-refractivity contribution < 1.29 is 19.4 Å². The number of nitrogens with zero attached hydrogens (tertiary/aromatic N) is 2. The lowest BCUT2D eigenvalue weighted by Gasteiger charge is -2.33. The molecule has 2 atom stereocenters. The minimum Gasteiger partial charge on any atom is -0.481 e. The van der Waals surface area contributed by atoms with E-state index in [9.17, 15) is 14.7 Å². The lowest BCUT2D eigenvalue weighted by Crippen LogP contribution is -2.45. The van der Waals surface area contributed by atoms with Crippen LogP contribution in [0.15, 0.2) is 24.3 Å². The molecule has 4 rings (SSSR count). The highest BCUT2D eigenvalue weighted by atomic mass is 35.5. The molecule has 1 aromatic carbocycles. The van der Waals surface area contributed by atoms with Crippen molar-refractivity contribution in [3.8, 4) is 0 Å². The summed E-state index contributed by atoms with van der Waals surface area (Å²) < 4.78 is 5.47. The minimum atomic E-state index is -0.913. The van der Waals surface area contributed by atoms with Crippen molar-refractivity contribution in [2.24, 2.45) is 11.3 Å². The van der Waals surface area contributed by atoms with Crippen LogP contribution < -0.4 is 0 Å². The minimum absolute atomic E-state index is 0.183. The number of amides is 1. The number of ether oxygens (including phenoxy) is 1. The van der Waals surface area contributed by atoms with Crippen LogP contribution in [0.5, 0.6) is 0 Å². The highest BCUT2D eigenvalue weighted by Crippen LogP contribution is 2.43. The van der Waals surface area contributed by atoms with Gasteiger partial charge in [0, 0.05) is 41.7 Å². The molecule has 1 amide bonds. The maximum absolute atomic E-state index is 13.3. The van der Waals surface area contributed by atoms with Crippen LogP contribution in [0.1, 0.15) is 22.5 Å². The zero-order chi connectivity index (χ0) is 18.5. The molecular weight excluding hydrogens is 356 g/mol. The van der Waals surface area contributed by atoms with Gasteiger partial charge in [-0.05, 0) is 37.6 Å². The fourth-order valence-electron chi connectivity index (χ4n) is 4.13. The number of fused-ring (bicyclic) bond motifs is 2. The number of hydrogen-bond acceptors (Lipinski definition) is 4. The highest BCUT2D eigenvalue weighted by Gasteiger charge is 2.55. The van der Waals surface area contributed by atoms with Gasteiger partial charge in [0.2, 0.25) is 0 Å². The van der Waals surface area contributed by atoms with E-state index in [1.807, 2.05) is 6.92 Å². The quantitative estimate of drug-likeness (QED) is 0.874. The second kappa shape index (κ2) is 6.21. The van der Waals surface area contributed by atoms with Crippen LogP contribution in [0.4, 0.5) is 0 Å². The van der Waals surface area contributed by atoms with Gasteiger partial charge in [-0.2, -0.15) is 0 Å². The zero-order valence-corrected chi connectivity index (χ0v) is 15.1. The van der Waals surface area contributed by atoms with E-state index in [1.54, 1.807) is 29.2 Å². The number of carbonyl (C=O) groups excluding carboxylic acids is 1. The van der Waals surface area contributed by atoms with E-state index in [2.05, 4.69) is 4.98 Å². The molecule has 2 aliphatic rings. The molecule has 0 spiro atoms. The summed E-state index contributed by atoms with van der Waals surface area (Å²) in [7, 11) is 0. The van der Waals surface area contributed by atoms with E-state index < -0.39 is 11.4 Å². The van der Waals surface area contributed by atoms with Crippen molar-refractivity contribution in [3.63, 3.8) is 0 Å². The lowest BCUT2D eigenvalue weighted by atomic mass is 9.74. The van der Waals surface area contributed by atoms with E-state index in [1.165, 1.54) is 0 Å². The Morgan fingerprint density at radius 1 is 1.38 bits per heavy atom. The average Bonchev–Trinajstić information content (AvgIpc) is 3.02. The van der Waals surface area contributed by atoms with Crippen LogP contribution in [0.2, 0.25) is 5.02 Å². The fourth-order valence-corrected chi connectivity index (χ4v) is 4.30. The van der Waals surface area contributed by atoms with Gasteiger partial charge in [-0.1, -0.05) is 11.6 Å². The van der Waals surface area contributed by atoms with Crippen LogP contribution in [-0.4, -0.2) is 53.2 Å². The Morgan fingerprint density at radius 2 is 2.19 bits per heavy atom. The molecule has 0 radical (unpaired) electrons. The number of carboxylic acid groups (broad SMARTS) is 1. The molecule has 26 heavy (non-hydrogen) atoms. The van der Waals surface area contributed by atoms with E-state index >= 15 is 0 Å². The van der Waals surface area contributed by atoms with Crippen molar-refractivity contribution in [3.05, 3.63) is 40.5 Å². The smallest absolute Gasteiger partial charge is 0.311 e. The van der Waals surface area contributed by atoms with Crippen LogP contribution >= 0.6 is 11.6 Å². The summed E-state index contributed by atoms with van der Waals surface area (Å²) in [6, 6.07) is 7.01. The maximum Gasteiger partial charge on any atom is 0.311 e. The zero-order valence-electron chi connectivity index (χ0n) is 14.4. The van der Waals surface area contributed by atoms with Crippen molar-refractivity contribution in [1.82, 2.24) is 9.88 Å². The van der Waals surface area contributed by atoms with Crippen molar-refractivity contribution >= 4 is 34.4 Å². The number of carboxylic acids is 1. The molecule has 2 aliphatic heterocycles. The van der Waals surface area contributed by atoms with Gasteiger partial charge in [0.25, 0.3) is 5.91 Å². The SMILES string of the molecule is Cc1cc(C(=O)N2C[C@@H]3COCC[C@]3(C(=O)O)C2)c2cc(Cl)ccc2n1. The Morgan fingerprint density at radius 3 is 2.92 bits per heavy atom. The third-order valence-corrected chi connectivity index (χ3v) is 5.78. The fraction of sp³-hybridized carbons (Fsp3) is 0.421. The molecule has 0 aliphatic carbocycles. The molecule has 2 fully saturated rings. The number of likely N-dealkylation sites (tertiary alicyclic amines) is 1. The predicted molar refractivity (Wildman–Crippen MR) is 96.4 cm³/mol. The second-order valence-electron chi connectivity index (χ2n) is 7.14. The Balaban J connectivity index is 1.74. The van der Waals surface area contributed by atoms with Gasteiger partial charge in [-0.15, -0.1) is 0 Å². The summed E-state index contributed by atoms with van der Waals surface area (Å²) in [5.74, 6) is -1.21. The number of aromatic nitrogens is 1. The van der Waals surface area contributed by atoms with Crippen LogP contribution in [0, 0.1) is 18.3 Å². The van der Waals surface area contributed by atoms with Gasteiger partial charge in [-0.3, -0.25) is 14.6 Å². The molecule has 0 saturated carbocycles. The number of benzene rings is 1. The molecule has 7 heteroatoms. The molecular formula is C19H19ClN2O4. The molecule has 0 bridgehead atoms. The molecule has 0 unspecified atom stereocenters. The van der Waals surface area contributed by atoms with Crippen LogP contribution in [-0.2, 0) is 9.53 Å². The van der Waals surface area contributed by atoms with Crippen LogP contribution in [0.3, 0.4) is 0 Å². The third-order valence-electron chi connectivity index (χ3n) is 5.55. The van der Waals surface area contributed by atoms with Crippen LogP contribution in [0.25, 0.3) is 10.9 Å². The largest absolute Gasteiger partial charge is 0.481 e. The van der Waals surface area contributed by atoms with Gasteiger partial charge in [-0.25, -0.2) is 0 Å². The third kappa shape index (κ3) is 2.64. The Labute approximate surface area is 155 Å². The summed E-state index contributed by atoms with van der Waals surface area (Å²) in [5, 5.41) is 11.0. The van der Waals surface area contributed by atoms with E-state index in [4.69, 9.17) is 16.3 Å². The molecule has 1 aromatic heterocycles. The number of halogens is 1.